The Bertz CT molecular complexity index is 254. The van der Waals surface area contributed by atoms with Crippen LogP contribution in [0.5, 0.6) is 0 Å². The van der Waals surface area contributed by atoms with Crippen LogP contribution in [0, 0.1) is 0 Å². The van der Waals surface area contributed by atoms with Crippen molar-refractivity contribution in [2.75, 3.05) is 13.2 Å². The van der Waals surface area contributed by atoms with E-state index < -0.39 is 23.9 Å². The predicted molar refractivity (Wildman–Crippen MR) is 74.0 cm³/mol. The molecule has 1 atom stereocenters. The summed E-state index contributed by atoms with van der Waals surface area (Å²) >= 11 is 0. The van der Waals surface area contributed by atoms with Gasteiger partial charge in [-0.05, 0) is 19.4 Å². The molecular weight excluding hydrogens is 303 g/mol. The Balaban J connectivity index is -0.0000000734. The van der Waals surface area contributed by atoms with Crippen LogP contribution in [-0.2, 0) is 14.4 Å². The van der Waals surface area contributed by atoms with Crippen LogP contribution in [0.1, 0.15) is 19.8 Å². The summed E-state index contributed by atoms with van der Waals surface area (Å²) in [5.41, 5.74) is 0. The van der Waals surface area contributed by atoms with Gasteiger partial charge in [-0.2, -0.15) is 0 Å². The molecule has 0 aliphatic heterocycles. The van der Waals surface area contributed by atoms with E-state index in [9.17, 15) is 4.79 Å². The van der Waals surface area contributed by atoms with Gasteiger partial charge in [-0.25, -0.2) is 9.59 Å². The second-order valence-electron chi connectivity index (χ2n) is 2.97. The third-order valence-electron chi connectivity index (χ3n) is 1.54. The summed E-state index contributed by atoms with van der Waals surface area (Å²) in [6, 6.07) is -0.597. The molecule has 103 valence electrons. The van der Waals surface area contributed by atoms with Gasteiger partial charge in [0.15, 0.2) is 0 Å². The van der Waals surface area contributed by atoms with Crippen molar-refractivity contribution in [3.63, 3.8) is 0 Å². The largest absolute Gasteiger partial charge is 0.480 e. The van der Waals surface area contributed by atoms with Gasteiger partial charge in [0.1, 0.15) is 6.04 Å². The van der Waals surface area contributed by atoms with E-state index in [1.807, 2.05) is 6.92 Å². The molecule has 0 amide bonds. The molecule has 0 bridgehead atoms. The number of carboxylic acid groups (broad SMARTS) is 3. The van der Waals surface area contributed by atoms with E-state index in [1.165, 1.54) is 0 Å². The number of hydrogen-bond donors (Lipinski definition) is 5. The molecule has 0 aliphatic rings. The maximum atomic E-state index is 10.4. The van der Waals surface area contributed by atoms with Crippen LogP contribution in [0.2, 0.25) is 0 Å². The van der Waals surface area contributed by atoms with Crippen molar-refractivity contribution in [1.29, 1.82) is 0 Å². The minimum absolute atomic E-state index is 0. The second kappa shape index (κ2) is 22.6. The molecule has 5 N–H and O–H groups in total. The van der Waals surface area contributed by atoms with Gasteiger partial charge in [0, 0.05) is 95.3 Å². The van der Waals surface area contributed by atoms with Gasteiger partial charge in [0.05, 0.1) is 0 Å². The van der Waals surface area contributed by atoms with Gasteiger partial charge < -0.3 is 25.7 Å². The van der Waals surface area contributed by atoms with E-state index >= 15 is 0 Å². The molecule has 20 heavy (non-hydrogen) atoms. The Morgan fingerprint density at radius 2 is 1.40 bits per heavy atom. The van der Waals surface area contributed by atoms with Crippen molar-refractivity contribution in [3.05, 3.63) is 0 Å². The van der Waals surface area contributed by atoms with Crippen molar-refractivity contribution < 1.29 is 34.8 Å². The van der Waals surface area contributed by atoms with Gasteiger partial charge in [0.2, 0.25) is 0 Å². The van der Waals surface area contributed by atoms with E-state index in [0.717, 1.165) is 6.42 Å². The van der Waals surface area contributed by atoms with Crippen LogP contribution < -0.4 is 5.32 Å². The number of aliphatic hydroxyl groups excluding tert-OH is 1. The molecule has 0 rings (SSSR count). The van der Waals surface area contributed by atoms with Gasteiger partial charge >= 0.3 is 17.9 Å². The number of nitrogens with one attached hydrogen (secondary N) is 1. The summed E-state index contributed by atoms with van der Waals surface area (Å²) in [6.07, 6.45) is 1.17. The van der Waals surface area contributed by atoms with Crippen LogP contribution in [-0.4, -0.2) is 146 Å². The monoisotopic (exact) mass is 320 g/mol. The molecule has 0 aromatic rings. The molecule has 8 nitrogen and oxygen atoms in total. The van der Waals surface area contributed by atoms with Crippen molar-refractivity contribution in [1.82, 2.24) is 5.32 Å². The Morgan fingerprint density at radius 1 is 1.00 bits per heavy atom. The molecule has 3 radical (unpaired) electrons. The van der Waals surface area contributed by atoms with Crippen molar-refractivity contribution in [2.24, 2.45) is 0 Å². The molecule has 0 aromatic heterocycles. The Morgan fingerprint density at radius 3 is 1.60 bits per heavy atom. The summed E-state index contributed by atoms with van der Waals surface area (Å²) in [6.45, 7) is 2.55. The van der Waals surface area contributed by atoms with Crippen LogP contribution in [0.15, 0.2) is 0 Å². The van der Waals surface area contributed by atoms with Crippen molar-refractivity contribution in [3.8, 4) is 0 Å². The van der Waals surface area contributed by atoms with Crippen LogP contribution >= 0.6 is 0 Å². The predicted octanol–water partition coefficient (Wildman–Crippen LogP) is -2.17. The van der Waals surface area contributed by atoms with E-state index in [-0.39, 0.29) is 102 Å². The summed E-state index contributed by atoms with van der Waals surface area (Å²) in [5, 5.41) is 34.6. The molecular formula is C9H17NNa3O7. The Kier molecular flexibility index (Phi) is 37.4. The molecule has 0 saturated heterocycles. The molecule has 0 aliphatic carbocycles. The number of carbonyl (C=O) groups is 3. The smallest absolute Gasteiger partial charge is 0.414 e. The minimum Gasteiger partial charge on any atom is -0.480 e. The van der Waals surface area contributed by atoms with Crippen LogP contribution in [0.3, 0.4) is 0 Å². The first-order chi connectivity index (χ1) is 7.86. The molecule has 0 fully saturated rings. The molecule has 0 spiro atoms. The topological polar surface area (TPSA) is 144 Å². The third-order valence-corrected chi connectivity index (χ3v) is 1.54. The third kappa shape index (κ3) is 24.4. The zero-order valence-electron chi connectivity index (χ0n) is 12.4. The van der Waals surface area contributed by atoms with Crippen LogP contribution in [0.25, 0.3) is 0 Å². The van der Waals surface area contributed by atoms with Gasteiger partial charge in [-0.15, -0.1) is 0 Å². The first kappa shape index (κ1) is 33.1. The minimum atomic E-state index is -1.82. The quantitative estimate of drug-likeness (QED) is 0.275. The SMILES string of the molecule is CCCN[C@@H](CCO)C(=O)O.O=C(O)C(=O)O.[Na].[Na].[Na]. The van der Waals surface area contributed by atoms with E-state index in [4.69, 9.17) is 30.0 Å². The number of carboxylic acids is 3. The van der Waals surface area contributed by atoms with Crippen molar-refractivity contribution in [2.45, 2.75) is 25.8 Å². The summed E-state index contributed by atoms with van der Waals surface area (Å²) in [7, 11) is 0. The number of aliphatic carboxylic acids is 3. The normalized spacial score (nSPS) is 9.30. The Hall–Kier alpha value is 1.33. The van der Waals surface area contributed by atoms with Gasteiger partial charge in [0.25, 0.3) is 0 Å². The summed E-state index contributed by atoms with van der Waals surface area (Å²) in [5.74, 6) is -4.54. The number of hydrogen-bond acceptors (Lipinski definition) is 5. The molecule has 0 saturated carbocycles. The molecule has 0 aromatic carbocycles. The Labute approximate surface area is 183 Å². The number of aliphatic hydroxyl groups is 1. The van der Waals surface area contributed by atoms with E-state index in [1.54, 1.807) is 0 Å². The fraction of sp³-hybridized carbons (Fsp3) is 0.667. The van der Waals surface area contributed by atoms with Gasteiger partial charge in [-0.1, -0.05) is 6.92 Å². The van der Waals surface area contributed by atoms with Crippen LogP contribution in [0.4, 0.5) is 0 Å². The fourth-order valence-electron chi connectivity index (χ4n) is 0.761. The maximum Gasteiger partial charge on any atom is 0.414 e. The molecule has 11 heteroatoms. The first-order valence-corrected chi connectivity index (χ1v) is 4.90. The summed E-state index contributed by atoms with van der Waals surface area (Å²) in [4.78, 5) is 28.6. The average Bonchev–Trinajstić information content (AvgIpc) is 2.24. The van der Waals surface area contributed by atoms with E-state index in [2.05, 4.69) is 5.32 Å². The standard InChI is InChI=1S/C7H15NO3.C2H2O4.3Na/c1-2-4-8-6(3-5-9)7(10)11;3-1(4)2(5)6;;;/h6,8-9H,2-5H2,1H3,(H,10,11);(H,3,4)(H,5,6);;;/t6-;;;;/m0..../s1. The average molecular weight is 320 g/mol. The molecule has 0 heterocycles. The summed E-state index contributed by atoms with van der Waals surface area (Å²) < 4.78 is 0. The zero-order valence-corrected chi connectivity index (χ0v) is 18.4. The maximum absolute atomic E-state index is 10.4. The molecule has 0 unspecified atom stereocenters. The first-order valence-electron chi connectivity index (χ1n) is 4.90. The second-order valence-corrected chi connectivity index (χ2v) is 2.97. The van der Waals surface area contributed by atoms with Crippen molar-refractivity contribution >= 4 is 107 Å². The van der Waals surface area contributed by atoms with Gasteiger partial charge in [-0.3, -0.25) is 4.79 Å². The van der Waals surface area contributed by atoms with E-state index in [0.29, 0.717) is 6.54 Å². The fourth-order valence-corrected chi connectivity index (χ4v) is 0.761. The zero-order chi connectivity index (χ0) is 13.8. The number of rotatable bonds is 6.